The van der Waals surface area contributed by atoms with E-state index in [1.807, 2.05) is 65.5 Å². The van der Waals surface area contributed by atoms with E-state index < -0.39 is 16.1 Å². The van der Waals surface area contributed by atoms with E-state index in [9.17, 15) is 13.2 Å². The third-order valence-electron chi connectivity index (χ3n) is 5.43. The summed E-state index contributed by atoms with van der Waals surface area (Å²) in [7, 11) is -4.05. The molecule has 0 bridgehead atoms. The number of nitrogens with one attached hydrogen (secondary N) is 2. The first-order valence-electron chi connectivity index (χ1n) is 11.2. The van der Waals surface area contributed by atoms with Gasteiger partial charge in [0.1, 0.15) is 10.7 Å². The molecule has 3 aromatic carbocycles. The molecule has 0 spiro atoms. The van der Waals surface area contributed by atoms with Gasteiger partial charge in [-0.05, 0) is 36.2 Å². The normalized spacial score (nSPS) is 11.3. The minimum absolute atomic E-state index is 0.0490. The average Bonchev–Trinajstić information content (AvgIpc) is 3.29. The van der Waals surface area contributed by atoms with Gasteiger partial charge < -0.3 is 9.88 Å². The highest BCUT2D eigenvalue weighted by molar-refractivity contribution is 7.90. The largest absolute Gasteiger partial charge is 0.337 e. The minimum Gasteiger partial charge on any atom is -0.337 e. The van der Waals surface area contributed by atoms with Crippen molar-refractivity contribution in [3.05, 3.63) is 101 Å². The number of carbonyl (C=O) groups excluding carboxylic acids is 1. The number of amides is 2. The molecule has 0 saturated carbocycles. The highest BCUT2D eigenvalue weighted by Crippen LogP contribution is 2.22. The molecule has 0 aliphatic carbocycles. The molecule has 0 saturated heterocycles. The lowest BCUT2D eigenvalue weighted by molar-refractivity contribution is 0.246. The molecule has 35 heavy (non-hydrogen) atoms. The number of imidazole rings is 1. The van der Waals surface area contributed by atoms with Crippen molar-refractivity contribution in [3.63, 3.8) is 0 Å². The van der Waals surface area contributed by atoms with Gasteiger partial charge in [0.15, 0.2) is 0 Å². The summed E-state index contributed by atoms with van der Waals surface area (Å²) in [6, 6.07) is 23.2. The van der Waals surface area contributed by atoms with Crippen LogP contribution in [0.5, 0.6) is 0 Å². The molecule has 2 amide bonds. The summed E-state index contributed by atoms with van der Waals surface area (Å²) in [6.07, 6.45) is 3.37. The zero-order valence-electron chi connectivity index (χ0n) is 19.1. The molecule has 0 aliphatic heterocycles. The smallest absolute Gasteiger partial charge is 0.328 e. The molecular weight excluding hydrogens is 484 g/mol. The molecule has 0 radical (unpaired) electrons. The summed E-state index contributed by atoms with van der Waals surface area (Å²) in [5.41, 5.74) is 3.99. The van der Waals surface area contributed by atoms with Gasteiger partial charge in [0.2, 0.25) is 0 Å². The number of aryl methyl sites for hydroxylation is 1. The molecule has 4 aromatic rings. The van der Waals surface area contributed by atoms with Crippen molar-refractivity contribution >= 4 is 27.7 Å². The monoisotopic (exact) mass is 508 g/mol. The van der Waals surface area contributed by atoms with Crippen LogP contribution in [0, 0.1) is 0 Å². The minimum atomic E-state index is -4.05. The van der Waals surface area contributed by atoms with Gasteiger partial charge in [-0.25, -0.2) is 22.9 Å². The van der Waals surface area contributed by atoms with E-state index in [-0.39, 0.29) is 16.5 Å². The molecule has 1 aromatic heterocycles. The van der Waals surface area contributed by atoms with Crippen molar-refractivity contribution in [1.29, 1.82) is 0 Å². The number of halogens is 1. The second-order valence-electron chi connectivity index (χ2n) is 7.84. The zero-order valence-corrected chi connectivity index (χ0v) is 20.7. The Kier molecular flexibility index (Phi) is 7.53. The number of sulfonamides is 1. The van der Waals surface area contributed by atoms with E-state index in [0.717, 1.165) is 34.8 Å². The standard InChI is InChI=1S/C26H25ClN4O3S/c1-2-25-29-23(20-8-4-3-5-9-20)18-31(25)21-14-12-19(13-15-21)16-17-28-26(32)30-35(33,34)24-11-7-6-10-22(24)27/h3-15,18H,2,16-17H2,1H3,(H2,28,30,32). The Morgan fingerprint density at radius 1 is 0.971 bits per heavy atom. The van der Waals surface area contributed by atoms with Crippen molar-refractivity contribution < 1.29 is 13.2 Å². The Morgan fingerprint density at radius 3 is 2.34 bits per heavy atom. The molecule has 4 rings (SSSR count). The number of rotatable bonds is 8. The van der Waals surface area contributed by atoms with Crippen molar-refractivity contribution in [3.8, 4) is 16.9 Å². The van der Waals surface area contributed by atoms with Crippen LogP contribution < -0.4 is 10.0 Å². The molecule has 2 N–H and O–H groups in total. The molecule has 0 fully saturated rings. The van der Waals surface area contributed by atoms with Crippen LogP contribution in [-0.2, 0) is 22.9 Å². The van der Waals surface area contributed by atoms with Crippen LogP contribution in [0.2, 0.25) is 5.02 Å². The van der Waals surface area contributed by atoms with E-state index in [0.29, 0.717) is 6.42 Å². The molecule has 9 heteroatoms. The van der Waals surface area contributed by atoms with Crippen molar-refractivity contribution in [2.75, 3.05) is 6.54 Å². The van der Waals surface area contributed by atoms with Crippen LogP contribution in [0.1, 0.15) is 18.3 Å². The number of urea groups is 1. The van der Waals surface area contributed by atoms with Crippen LogP contribution in [0.3, 0.4) is 0 Å². The molecule has 180 valence electrons. The molecule has 1 heterocycles. The molecular formula is C26H25ClN4O3S. The fourth-order valence-corrected chi connectivity index (χ4v) is 5.11. The third kappa shape index (κ3) is 5.90. The van der Waals surface area contributed by atoms with Gasteiger partial charge in [-0.3, -0.25) is 0 Å². The summed E-state index contributed by atoms with van der Waals surface area (Å²) < 4.78 is 28.8. The number of hydrogen-bond acceptors (Lipinski definition) is 4. The van der Waals surface area contributed by atoms with Crippen LogP contribution >= 0.6 is 11.6 Å². The van der Waals surface area contributed by atoms with Gasteiger partial charge in [-0.1, -0.05) is 73.1 Å². The van der Waals surface area contributed by atoms with Gasteiger partial charge in [0, 0.05) is 30.4 Å². The SMILES string of the molecule is CCc1nc(-c2ccccc2)cn1-c1ccc(CCNC(=O)NS(=O)(=O)c2ccccc2Cl)cc1. The number of benzene rings is 3. The Bertz CT molecular complexity index is 1420. The topological polar surface area (TPSA) is 93.1 Å². The molecule has 0 atom stereocenters. The number of carbonyl (C=O) groups is 1. The predicted molar refractivity (Wildman–Crippen MR) is 137 cm³/mol. The fraction of sp³-hybridized carbons (Fsp3) is 0.154. The van der Waals surface area contributed by atoms with Gasteiger partial charge in [-0.2, -0.15) is 0 Å². The highest BCUT2D eigenvalue weighted by atomic mass is 35.5. The van der Waals surface area contributed by atoms with Crippen molar-refractivity contribution in [2.45, 2.75) is 24.7 Å². The van der Waals surface area contributed by atoms with Crippen molar-refractivity contribution in [2.24, 2.45) is 0 Å². The van der Waals surface area contributed by atoms with E-state index in [2.05, 4.69) is 16.8 Å². The highest BCUT2D eigenvalue weighted by Gasteiger charge is 2.20. The van der Waals surface area contributed by atoms with Gasteiger partial charge in [0.05, 0.1) is 10.7 Å². The maximum atomic E-state index is 12.3. The van der Waals surface area contributed by atoms with Crippen LogP contribution in [0.4, 0.5) is 4.79 Å². The first-order valence-corrected chi connectivity index (χ1v) is 13.0. The summed E-state index contributed by atoms with van der Waals surface area (Å²) in [5.74, 6) is 0.967. The lowest BCUT2D eigenvalue weighted by Gasteiger charge is -2.10. The number of nitrogens with zero attached hydrogens (tertiary/aromatic N) is 2. The van der Waals surface area contributed by atoms with Gasteiger partial charge in [-0.15, -0.1) is 0 Å². The quantitative estimate of drug-likeness (QED) is 0.351. The van der Waals surface area contributed by atoms with E-state index >= 15 is 0 Å². The maximum Gasteiger partial charge on any atom is 0.328 e. The second kappa shape index (κ2) is 10.8. The van der Waals surface area contributed by atoms with Gasteiger partial charge in [0.25, 0.3) is 10.0 Å². The van der Waals surface area contributed by atoms with Crippen LogP contribution in [0.25, 0.3) is 16.9 Å². The van der Waals surface area contributed by atoms with E-state index in [1.54, 1.807) is 6.07 Å². The number of hydrogen-bond donors (Lipinski definition) is 2. The van der Waals surface area contributed by atoms with Crippen LogP contribution in [0.15, 0.2) is 90.0 Å². The second-order valence-corrected chi connectivity index (χ2v) is 9.90. The molecule has 7 nitrogen and oxygen atoms in total. The first-order chi connectivity index (χ1) is 16.9. The van der Waals surface area contributed by atoms with Gasteiger partial charge >= 0.3 is 6.03 Å². The number of aromatic nitrogens is 2. The summed E-state index contributed by atoms with van der Waals surface area (Å²) in [6.45, 7) is 2.34. The predicted octanol–water partition coefficient (Wildman–Crippen LogP) is 4.99. The summed E-state index contributed by atoms with van der Waals surface area (Å²) in [5, 5.41) is 2.62. The summed E-state index contributed by atoms with van der Waals surface area (Å²) >= 11 is 5.93. The summed E-state index contributed by atoms with van der Waals surface area (Å²) in [4.78, 5) is 16.7. The third-order valence-corrected chi connectivity index (χ3v) is 7.26. The maximum absolute atomic E-state index is 12.3. The average molecular weight is 509 g/mol. The van der Waals surface area contributed by atoms with Crippen molar-refractivity contribution in [1.82, 2.24) is 19.6 Å². The van der Waals surface area contributed by atoms with E-state index in [4.69, 9.17) is 16.6 Å². The first kappa shape index (κ1) is 24.5. The lowest BCUT2D eigenvalue weighted by atomic mass is 10.1. The Hall–Kier alpha value is -3.62. The Labute approximate surface area is 209 Å². The molecule has 0 aliphatic rings. The molecule has 0 unspecified atom stereocenters. The fourth-order valence-electron chi connectivity index (χ4n) is 3.66. The Morgan fingerprint density at radius 2 is 1.66 bits per heavy atom. The van der Waals surface area contributed by atoms with E-state index in [1.165, 1.54) is 18.2 Å². The van der Waals surface area contributed by atoms with Crippen LogP contribution in [-0.4, -0.2) is 30.5 Å². The Balaban J connectivity index is 1.36. The lowest BCUT2D eigenvalue weighted by Crippen LogP contribution is -2.40. The zero-order chi connectivity index (χ0) is 24.8.